The van der Waals surface area contributed by atoms with Crippen molar-refractivity contribution >= 4 is 33.4 Å². The lowest BCUT2D eigenvalue weighted by atomic mass is 10.1. The highest BCUT2D eigenvalue weighted by Gasteiger charge is 2.10. The van der Waals surface area contributed by atoms with E-state index < -0.39 is 0 Å². The molecule has 0 saturated heterocycles. The molecule has 0 radical (unpaired) electrons. The van der Waals surface area contributed by atoms with Crippen LogP contribution in [-0.2, 0) is 0 Å². The Bertz CT molecular complexity index is 395. The summed E-state index contributed by atoms with van der Waals surface area (Å²) >= 11 is 9.37. The second-order valence-electron chi connectivity index (χ2n) is 4.17. The zero-order valence-electron chi connectivity index (χ0n) is 10.1. The van der Waals surface area contributed by atoms with Gasteiger partial charge in [-0.25, -0.2) is 0 Å². The zero-order valence-corrected chi connectivity index (χ0v) is 12.4. The molecule has 0 aromatic heterocycles. The second-order valence-corrected chi connectivity index (χ2v) is 5.37. The number of alkyl halides is 1. The topological polar surface area (TPSA) is 29.1 Å². The van der Waals surface area contributed by atoms with Gasteiger partial charge in [-0.2, -0.15) is 0 Å². The van der Waals surface area contributed by atoms with Crippen LogP contribution in [0.5, 0.6) is 0 Å². The summed E-state index contributed by atoms with van der Waals surface area (Å²) in [5, 5.41) is 4.55. The van der Waals surface area contributed by atoms with Crippen molar-refractivity contribution < 1.29 is 4.79 Å². The Kier molecular flexibility index (Phi) is 6.00. The number of nitrogens with one attached hydrogen (secondary N) is 1. The molecule has 0 spiro atoms. The standard InChI is InChI=1S/C13H17BrClNO/c1-9-5-6-11(8-12(9)15)13(17)16-10(2)4-3-7-14/h5-6,8,10H,3-4,7H2,1-2H3,(H,16,17). The van der Waals surface area contributed by atoms with E-state index >= 15 is 0 Å². The van der Waals surface area contributed by atoms with Gasteiger partial charge in [0.2, 0.25) is 0 Å². The zero-order chi connectivity index (χ0) is 12.8. The number of hydrogen-bond donors (Lipinski definition) is 1. The van der Waals surface area contributed by atoms with Crippen molar-refractivity contribution in [2.45, 2.75) is 32.7 Å². The Hall–Kier alpha value is -0.540. The van der Waals surface area contributed by atoms with Crippen LogP contribution in [0.15, 0.2) is 18.2 Å². The maximum absolute atomic E-state index is 11.9. The van der Waals surface area contributed by atoms with Crippen molar-refractivity contribution in [2.75, 3.05) is 5.33 Å². The summed E-state index contributed by atoms with van der Waals surface area (Å²) in [5.74, 6) is -0.0611. The van der Waals surface area contributed by atoms with Crippen molar-refractivity contribution in [2.24, 2.45) is 0 Å². The molecule has 4 heteroatoms. The highest BCUT2D eigenvalue weighted by molar-refractivity contribution is 9.09. The fourth-order valence-corrected chi connectivity index (χ4v) is 2.00. The number of halogens is 2. The van der Waals surface area contributed by atoms with Gasteiger partial charge >= 0.3 is 0 Å². The average Bonchev–Trinajstić information content (AvgIpc) is 2.30. The molecule has 0 heterocycles. The number of carbonyl (C=O) groups excluding carboxylic acids is 1. The first-order valence-corrected chi connectivity index (χ1v) is 7.17. The van der Waals surface area contributed by atoms with Crippen molar-refractivity contribution in [1.29, 1.82) is 0 Å². The summed E-state index contributed by atoms with van der Waals surface area (Å²) in [6.07, 6.45) is 2.02. The summed E-state index contributed by atoms with van der Waals surface area (Å²) in [4.78, 5) is 11.9. The van der Waals surface area contributed by atoms with Gasteiger partial charge in [0.25, 0.3) is 5.91 Å². The highest BCUT2D eigenvalue weighted by Crippen LogP contribution is 2.16. The van der Waals surface area contributed by atoms with Crippen molar-refractivity contribution in [1.82, 2.24) is 5.32 Å². The fraction of sp³-hybridized carbons (Fsp3) is 0.462. The van der Waals surface area contributed by atoms with E-state index in [1.165, 1.54) is 0 Å². The van der Waals surface area contributed by atoms with Gasteiger partial charge in [-0.3, -0.25) is 4.79 Å². The van der Waals surface area contributed by atoms with Gasteiger partial charge in [0.05, 0.1) is 0 Å². The summed E-state index contributed by atoms with van der Waals surface area (Å²) in [7, 11) is 0. The molecule has 0 aliphatic carbocycles. The van der Waals surface area contributed by atoms with Gasteiger partial charge in [-0.1, -0.05) is 33.6 Å². The molecule has 94 valence electrons. The molecule has 1 amide bonds. The van der Waals surface area contributed by atoms with E-state index in [1.54, 1.807) is 12.1 Å². The van der Waals surface area contributed by atoms with Crippen LogP contribution in [0.25, 0.3) is 0 Å². The van der Waals surface area contributed by atoms with E-state index in [-0.39, 0.29) is 11.9 Å². The van der Waals surface area contributed by atoms with Crippen molar-refractivity contribution in [3.63, 3.8) is 0 Å². The van der Waals surface area contributed by atoms with Gasteiger partial charge in [-0.15, -0.1) is 0 Å². The highest BCUT2D eigenvalue weighted by atomic mass is 79.9. The summed E-state index contributed by atoms with van der Waals surface area (Å²) < 4.78 is 0. The van der Waals surface area contributed by atoms with E-state index in [9.17, 15) is 4.79 Å². The molecule has 0 aliphatic rings. The lowest BCUT2D eigenvalue weighted by Crippen LogP contribution is -2.32. The Balaban J connectivity index is 2.60. The minimum Gasteiger partial charge on any atom is -0.350 e. The normalized spacial score (nSPS) is 12.2. The van der Waals surface area contributed by atoms with Crippen LogP contribution in [-0.4, -0.2) is 17.3 Å². The third-order valence-electron chi connectivity index (χ3n) is 2.58. The number of hydrogen-bond acceptors (Lipinski definition) is 1. The molecule has 0 aliphatic heterocycles. The SMILES string of the molecule is Cc1ccc(C(=O)NC(C)CCCBr)cc1Cl. The van der Waals surface area contributed by atoms with Crippen LogP contribution in [0.1, 0.15) is 35.7 Å². The lowest BCUT2D eigenvalue weighted by Gasteiger charge is -2.13. The van der Waals surface area contributed by atoms with E-state index in [0.29, 0.717) is 10.6 Å². The molecule has 1 atom stereocenters. The molecule has 0 bridgehead atoms. The first-order valence-electron chi connectivity index (χ1n) is 5.67. The van der Waals surface area contributed by atoms with Gasteiger partial charge in [0, 0.05) is 22.0 Å². The molecule has 2 nitrogen and oxygen atoms in total. The molecule has 1 unspecified atom stereocenters. The predicted molar refractivity (Wildman–Crippen MR) is 76.1 cm³/mol. The molecular formula is C13H17BrClNO. The number of benzene rings is 1. The molecule has 1 aromatic carbocycles. The minimum atomic E-state index is -0.0611. The third kappa shape index (κ3) is 4.68. The first-order chi connectivity index (χ1) is 8.04. The maximum Gasteiger partial charge on any atom is 0.251 e. The van der Waals surface area contributed by atoms with Crippen LogP contribution in [0.4, 0.5) is 0 Å². The molecular weight excluding hydrogens is 302 g/mol. The van der Waals surface area contributed by atoms with Crippen molar-refractivity contribution in [3.05, 3.63) is 34.3 Å². The van der Waals surface area contributed by atoms with Crippen LogP contribution >= 0.6 is 27.5 Å². The van der Waals surface area contributed by atoms with Gasteiger partial charge in [0.1, 0.15) is 0 Å². The smallest absolute Gasteiger partial charge is 0.251 e. The van der Waals surface area contributed by atoms with E-state index in [1.807, 2.05) is 19.9 Å². The second kappa shape index (κ2) is 7.02. The monoisotopic (exact) mass is 317 g/mol. The van der Waals surface area contributed by atoms with Crippen LogP contribution < -0.4 is 5.32 Å². The van der Waals surface area contributed by atoms with Gasteiger partial charge < -0.3 is 5.32 Å². The van der Waals surface area contributed by atoms with E-state index in [2.05, 4.69) is 21.2 Å². The maximum atomic E-state index is 11.9. The molecule has 1 aromatic rings. The largest absolute Gasteiger partial charge is 0.350 e. The summed E-state index contributed by atoms with van der Waals surface area (Å²) in [5.41, 5.74) is 1.60. The Morgan fingerprint density at radius 2 is 2.24 bits per heavy atom. The van der Waals surface area contributed by atoms with Crippen molar-refractivity contribution in [3.8, 4) is 0 Å². The Labute approximate surface area is 116 Å². The lowest BCUT2D eigenvalue weighted by molar-refractivity contribution is 0.0938. The summed E-state index contributed by atoms with van der Waals surface area (Å²) in [6, 6.07) is 5.55. The van der Waals surface area contributed by atoms with Gasteiger partial charge in [-0.05, 0) is 44.4 Å². The number of rotatable bonds is 5. The molecule has 0 fully saturated rings. The number of aryl methyl sites for hydroxylation is 1. The number of carbonyl (C=O) groups is 1. The number of amides is 1. The molecule has 17 heavy (non-hydrogen) atoms. The quantitative estimate of drug-likeness (QED) is 0.819. The average molecular weight is 319 g/mol. The summed E-state index contributed by atoms with van der Waals surface area (Å²) in [6.45, 7) is 3.93. The molecule has 1 rings (SSSR count). The third-order valence-corrected chi connectivity index (χ3v) is 3.55. The van der Waals surface area contributed by atoms with Crippen LogP contribution in [0.2, 0.25) is 5.02 Å². The fourth-order valence-electron chi connectivity index (χ4n) is 1.50. The van der Waals surface area contributed by atoms with Crippen LogP contribution in [0.3, 0.4) is 0 Å². The molecule has 1 N–H and O–H groups in total. The van der Waals surface area contributed by atoms with E-state index in [0.717, 1.165) is 23.7 Å². The predicted octanol–water partition coefficient (Wildman–Crippen LogP) is 3.94. The van der Waals surface area contributed by atoms with Gasteiger partial charge in [0.15, 0.2) is 0 Å². The Morgan fingerprint density at radius 3 is 2.82 bits per heavy atom. The molecule has 0 saturated carbocycles. The van der Waals surface area contributed by atoms with Crippen LogP contribution in [0, 0.1) is 6.92 Å². The Morgan fingerprint density at radius 1 is 1.53 bits per heavy atom. The first kappa shape index (κ1) is 14.5. The van der Waals surface area contributed by atoms with E-state index in [4.69, 9.17) is 11.6 Å². The minimum absolute atomic E-state index is 0.0611.